The van der Waals surface area contributed by atoms with Gasteiger partial charge >= 0.3 is 11.9 Å². The van der Waals surface area contributed by atoms with Gasteiger partial charge in [0.1, 0.15) is 0 Å². The first-order valence-corrected chi connectivity index (χ1v) is 16.2. The minimum atomic E-state index is -0.906. The van der Waals surface area contributed by atoms with E-state index in [2.05, 4.69) is 79.8 Å². The first-order valence-electron chi connectivity index (χ1n) is 13.1. The normalized spacial score (nSPS) is 13.3. The number of aliphatic carboxylic acids is 2. The predicted octanol–water partition coefficient (Wildman–Crippen LogP) is 9.57. The van der Waals surface area contributed by atoms with Crippen LogP contribution in [-0.4, -0.2) is 42.1 Å². The van der Waals surface area contributed by atoms with Crippen LogP contribution in [0.3, 0.4) is 0 Å². The number of allylic oxidation sites excluding steroid dienone is 4. The molecule has 0 aliphatic carbocycles. The minimum absolute atomic E-state index is 0.0668. The molecule has 3 aromatic rings. The van der Waals surface area contributed by atoms with Gasteiger partial charge in [-0.05, 0) is 150 Å². The van der Waals surface area contributed by atoms with Gasteiger partial charge in [0.15, 0.2) is 0 Å². The Hall–Kier alpha value is -2.54. The van der Waals surface area contributed by atoms with Gasteiger partial charge in [-0.3, -0.25) is 9.59 Å². The third kappa shape index (κ3) is 5.46. The predicted molar refractivity (Wildman–Crippen MR) is 180 cm³/mol. The maximum Gasteiger partial charge on any atom is 0.303 e. The molecule has 12 heteroatoms. The molecular formula is C30H26Br4N4O4. The molecular weight excluding hydrogens is 800 g/mol. The molecule has 0 unspecified atom stereocenters. The number of H-pyrrole nitrogens is 2. The Bertz CT molecular complexity index is 1940. The molecule has 8 nitrogen and oxygen atoms in total. The lowest BCUT2D eigenvalue weighted by molar-refractivity contribution is -0.137. The summed E-state index contributed by atoms with van der Waals surface area (Å²) in [7, 11) is 0. The summed E-state index contributed by atoms with van der Waals surface area (Å²) in [5.41, 5.74) is 11.3. The van der Waals surface area contributed by atoms with Crippen LogP contribution in [0.2, 0.25) is 0 Å². The van der Waals surface area contributed by atoms with Gasteiger partial charge in [0.2, 0.25) is 0 Å². The number of aryl methyl sites for hydroxylation is 2. The Kier molecular flexibility index (Phi) is 8.73. The number of fused-ring (bicyclic) bond motifs is 8. The maximum absolute atomic E-state index is 11.6. The lowest BCUT2D eigenvalue weighted by Crippen LogP contribution is -1.98. The molecule has 5 heterocycles. The van der Waals surface area contributed by atoms with E-state index in [0.717, 1.165) is 68.9 Å². The first kappa shape index (κ1) is 30.9. The largest absolute Gasteiger partial charge is 0.481 e. The molecule has 0 radical (unpaired) electrons. The van der Waals surface area contributed by atoms with Crippen LogP contribution in [0.25, 0.3) is 44.4 Å². The molecule has 2 aliphatic heterocycles. The average molecular weight is 826 g/mol. The van der Waals surface area contributed by atoms with Gasteiger partial charge in [-0.15, -0.1) is 0 Å². The van der Waals surface area contributed by atoms with Gasteiger partial charge in [0.05, 0.1) is 62.7 Å². The van der Waals surface area contributed by atoms with Gasteiger partial charge < -0.3 is 20.2 Å². The van der Waals surface area contributed by atoms with Crippen molar-refractivity contribution >= 4 is 120 Å². The molecule has 2 aliphatic rings. The SMILES string of the molecule is CC1=C(CCC(=O)O)c2nc1c(Br)c1cc(C)c([nH]1)c(Br)c1cc(C)c([nH]1)c(Br)c1nc(c2Br)C(CCC(=O)O)=C1C. The second-order valence-corrected chi connectivity index (χ2v) is 13.5. The highest BCUT2D eigenvalue weighted by Gasteiger charge is 2.28. The van der Waals surface area contributed by atoms with Gasteiger partial charge in [-0.1, -0.05) is 0 Å². The molecule has 42 heavy (non-hydrogen) atoms. The molecule has 3 aromatic heterocycles. The minimum Gasteiger partial charge on any atom is -0.481 e. The van der Waals surface area contributed by atoms with Crippen LogP contribution in [0, 0.1) is 13.8 Å². The van der Waals surface area contributed by atoms with Crippen molar-refractivity contribution in [1.29, 1.82) is 0 Å². The number of carboxylic acid groups (broad SMARTS) is 2. The quantitative estimate of drug-likeness (QED) is 0.196. The van der Waals surface area contributed by atoms with Crippen molar-refractivity contribution in [2.45, 2.75) is 53.4 Å². The summed E-state index contributed by atoms with van der Waals surface area (Å²) in [6.45, 7) is 7.92. The fraction of sp³-hybridized carbons (Fsp3) is 0.267. The molecule has 218 valence electrons. The van der Waals surface area contributed by atoms with Crippen LogP contribution in [0.1, 0.15) is 73.4 Å². The monoisotopic (exact) mass is 822 g/mol. The molecule has 5 rings (SSSR count). The highest BCUT2D eigenvalue weighted by atomic mass is 79.9. The van der Waals surface area contributed by atoms with Crippen LogP contribution in [0.4, 0.5) is 0 Å². The number of halogens is 4. The van der Waals surface area contributed by atoms with Crippen molar-refractivity contribution in [3.8, 4) is 0 Å². The first-order chi connectivity index (χ1) is 19.8. The van der Waals surface area contributed by atoms with E-state index in [1.165, 1.54) is 0 Å². The van der Waals surface area contributed by atoms with Crippen molar-refractivity contribution in [2.24, 2.45) is 0 Å². The molecule has 0 aromatic carbocycles. The number of rotatable bonds is 6. The van der Waals surface area contributed by atoms with E-state index in [9.17, 15) is 19.8 Å². The molecule has 4 N–H and O–H groups in total. The van der Waals surface area contributed by atoms with E-state index < -0.39 is 11.9 Å². The van der Waals surface area contributed by atoms with Crippen LogP contribution >= 0.6 is 63.7 Å². The Morgan fingerprint density at radius 1 is 0.643 bits per heavy atom. The maximum atomic E-state index is 11.6. The number of aromatic nitrogens is 4. The van der Waals surface area contributed by atoms with Crippen LogP contribution in [-0.2, 0) is 9.59 Å². The number of hydrogen-bond acceptors (Lipinski definition) is 4. The molecule has 0 saturated carbocycles. The zero-order valence-corrected chi connectivity index (χ0v) is 29.4. The highest BCUT2D eigenvalue weighted by Crippen LogP contribution is 2.45. The Balaban J connectivity index is 2.00. The van der Waals surface area contributed by atoms with E-state index in [0.29, 0.717) is 27.2 Å². The van der Waals surface area contributed by atoms with Gasteiger partial charge in [-0.25, -0.2) is 9.97 Å². The Labute approximate surface area is 275 Å². The summed E-state index contributed by atoms with van der Waals surface area (Å²) >= 11 is 15.2. The van der Waals surface area contributed by atoms with Gasteiger partial charge in [0, 0.05) is 12.8 Å². The van der Waals surface area contributed by atoms with Crippen molar-refractivity contribution in [3.63, 3.8) is 0 Å². The smallest absolute Gasteiger partial charge is 0.303 e. The summed E-state index contributed by atoms with van der Waals surface area (Å²) in [5.74, 6) is -1.81. The fourth-order valence-corrected chi connectivity index (χ4v) is 8.01. The molecule has 0 amide bonds. The second kappa shape index (κ2) is 11.9. The number of carboxylic acids is 2. The summed E-state index contributed by atoms with van der Waals surface area (Å²) in [6.07, 6.45) is 0.403. The zero-order valence-electron chi connectivity index (χ0n) is 23.1. The topological polar surface area (TPSA) is 132 Å². The lowest BCUT2D eigenvalue weighted by Gasteiger charge is -2.08. The standard InChI is InChI=1S/C30H26Br4N4O4/c1-11-9-18-22(32)27-13(3)15(5-7-19(39)40)29(37-27)24(34)30-16(6-8-20(41)42)14(4)28(38-30)23(33)26-12(2)10-17(36-26)21(31)25(11)35-18/h9-10,35-36H,5-8H2,1-4H3,(H,39,40)(H,41,42). The molecule has 0 atom stereocenters. The molecule has 0 spiro atoms. The van der Waals surface area contributed by atoms with Crippen LogP contribution < -0.4 is 0 Å². The van der Waals surface area contributed by atoms with E-state index in [-0.39, 0.29) is 25.7 Å². The molecule has 0 fully saturated rings. The third-order valence-electron chi connectivity index (χ3n) is 7.59. The summed E-state index contributed by atoms with van der Waals surface area (Å²) in [5, 5.41) is 19.0. The average Bonchev–Trinajstić information content (AvgIpc) is 3.68. The summed E-state index contributed by atoms with van der Waals surface area (Å²) in [4.78, 5) is 40.3. The number of hydrogen-bond donors (Lipinski definition) is 4. The lowest BCUT2D eigenvalue weighted by atomic mass is 9.98. The molecule has 0 saturated heterocycles. The van der Waals surface area contributed by atoms with Crippen LogP contribution in [0.5, 0.6) is 0 Å². The van der Waals surface area contributed by atoms with E-state index in [4.69, 9.17) is 9.97 Å². The van der Waals surface area contributed by atoms with Crippen molar-refractivity contribution < 1.29 is 19.8 Å². The second-order valence-electron chi connectivity index (χ2n) is 10.4. The number of carbonyl (C=O) groups is 2. The molecule has 8 bridgehead atoms. The van der Waals surface area contributed by atoms with E-state index in [1.807, 2.05) is 33.8 Å². The Morgan fingerprint density at radius 3 is 1.50 bits per heavy atom. The van der Waals surface area contributed by atoms with E-state index in [1.54, 1.807) is 0 Å². The zero-order chi connectivity index (χ0) is 30.6. The van der Waals surface area contributed by atoms with Crippen molar-refractivity contribution in [2.75, 3.05) is 0 Å². The fourth-order valence-electron chi connectivity index (χ4n) is 5.33. The number of nitrogens with one attached hydrogen (secondary N) is 2. The summed E-state index contributed by atoms with van der Waals surface area (Å²) in [6, 6.07) is 4.10. The van der Waals surface area contributed by atoms with Crippen molar-refractivity contribution in [3.05, 3.63) is 63.9 Å². The van der Waals surface area contributed by atoms with Crippen molar-refractivity contribution in [1.82, 2.24) is 19.9 Å². The van der Waals surface area contributed by atoms with Crippen LogP contribution in [0.15, 0.2) is 30.0 Å². The van der Waals surface area contributed by atoms with E-state index >= 15 is 0 Å². The number of nitrogens with zero attached hydrogens (tertiary/aromatic N) is 2. The Morgan fingerprint density at radius 2 is 1.05 bits per heavy atom. The summed E-state index contributed by atoms with van der Waals surface area (Å²) < 4.78 is 2.93. The highest BCUT2D eigenvalue weighted by molar-refractivity contribution is 9.11. The number of aromatic amines is 2. The van der Waals surface area contributed by atoms with Gasteiger partial charge in [-0.2, -0.15) is 0 Å². The third-order valence-corrected chi connectivity index (χ3v) is 10.7. The van der Waals surface area contributed by atoms with Gasteiger partial charge in [0.25, 0.3) is 0 Å².